The predicted octanol–water partition coefficient (Wildman–Crippen LogP) is 15.8. The van der Waals surface area contributed by atoms with Crippen molar-refractivity contribution >= 4 is 89.7 Å². The summed E-state index contributed by atoms with van der Waals surface area (Å²) in [7, 11) is -2.78. The van der Waals surface area contributed by atoms with Crippen LogP contribution in [0.15, 0.2) is 260 Å². The van der Waals surface area contributed by atoms with Crippen LogP contribution in [0, 0.1) is 6.92 Å². The minimum absolute atomic E-state index is 0.635. The first-order chi connectivity index (χ1) is 38.6. The summed E-state index contributed by atoms with van der Waals surface area (Å²) in [5.41, 5.74) is 15.8. The second-order valence-electron chi connectivity index (χ2n) is 21.1. The average molecular weight is 1020 g/mol. The number of aromatic nitrogens is 4. The molecule has 0 fully saturated rings. The quantitative estimate of drug-likeness (QED) is 0.0820. The number of benzene rings is 10. The van der Waals surface area contributed by atoms with Gasteiger partial charge in [0.15, 0.2) is 8.07 Å². The van der Waals surface area contributed by atoms with Gasteiger partial charge in [0.1, 0.15) is 5.82 Å². The number of rotatable bonds is 9. The van der Waals surface area contributed by atoms with Gasteiger partial charge in [0, 0.05) is 40.6 Å². The molecule has 78 heavy (non-hydrogen) atoms. The Bertz CT molecular complexity index is 4540. The van der Waals surface area contributed by atoms with Crippen molar-refractivity contribution in [3.63, 3.8) is 0 Å². The van der Waals surface area contributed by atoms with Gasteiger partial charge < -0.3 is 4.57 Å². The molecule has 0 saturated carbocycles. The molecule has 1 aliphatic heterocycles. The van der Waals surface area contributed by atoms with Crippen molar-refractivity contribution in [2.45, 2.75) is 32.6 Å². The summed E-state index contributed by atoms with van der Waals surface area (Å²) in [5, 5.41) is 13.1. The normalized spacial score (nSPS) is 13.4. The van der Waals surface area contributed by atoms with Crippen LogP contribution in [0.25, 0.3) is 88.7 Å². The lowest BCUT2D eigenvalue weighted by atomic mass is 9.90. The molecule has 0 spiro atoms. The molecule has 0 atom stereocenters. The van der Waals surface area contributed by atoms with E-state index in [1.165, 1.54) is 80.8 Å². The maximum absolute atomic E-state index is 5.73. The lowest BCUT2D eigenvalue weighted by molar-refractivity contribution is 0.961. The van der Waals surface area contributed by atoms with E-state index in [4.69, 9.17) is 9.97 Å². The first-order valence-electron chi connectivity index (χ1n) is 27.4. The number of nitrogens with zero attached hydrogens (tertiary/aromatic N) is 4. The van der Waals surface area contributed by atoms with E-state index in [1.54, 1.807) is 0 Å². The van der Waals surface area contributed by atoms with Crippen molar-refractivity contribution in [1.82, 2.24) is 19.1 Å². The van der Waals surface area contributed by atoms with Crippen LogP contribution in [0.3, 0.4) is 0 Å². The molecule has 3 aromatic heterocycles. The number of pyridine rings is 1. The Morgan fingerprint density at radius 2 is 1.17 bits per heavy atom. The number of allylic oxidation sites excluding steroid dienone is 5. The third-order valence-corrected chi connectivity index (χ3v) is 21.5. The highest BCUT2D eigenvalue weighted by molar-refractivity contribution is 7.16. The fourth-order valence-corrected chi connectivity index (χ4v) is 18.1. The molecule has 2 aliphatic rings. The molecule has 15 rings (SSSR count). The Hall–Kier alpha value is -9.42. The van der Waals surface area contributed by atoms with E-state index in [1.807, 2.05) is 0 Å². The van der Waals surface area contributed by atoms with E-state index in [2.05, 4.69) is 277 Å². The van der Waals surface area contributed by atoms with Gasteiger partial charge >= 0.3 is 0 Å². The van der Waals surface area contributed by atoms with Crippen molar-refractivity contribution in [1.29, 1.82) is 0 Å². The van der Waals surface area contributed by atoms with Gasteiger partial charge in [0.2, 0.25) is 0 Å². The number of hydrogen-bond acceptors (Lipinski definition) is 2. The molecule has 0 saturated heterocycles. The fourth-order valence-electron chi connectivity index (χ4n) is 13.2. The van der Waals surface area contributed by atoms with Gasteiger partial charge in [-0.05, 0) is 145 Å². The summed E-state index contributed by atoms with van der Waals surface area (Å²) in [5.74, 6) is 1.02. The molecule has 1 aliphatic carbocycles. The minimum atomic E-state index is -2.78. The summed E-state index contributed by atoms with van der Waals surface area (Å²) < 4.78 is 4.87. The van der Waals surface area contributed by atoms with Crippen LogP contribution in [0.5, 0.6) is 0 Å². The summed E-state index contributed by atoms with van der Waals surface area (Å²) >= 11 is 0. The molecular weight excluding hydrogens is 961 g/mol. The van der Waals surface area contributed by atoms with E-state index >= 15 is 0 Å². The van der Waals surface area contributed by atoms with Crippen LogP contribution in [0.2, 0.25) is 0 Å². The van der Waals surface area contributed by atoms with Crippen molar-refractivity contribution in [3.8, 4) is 22.6 Å². The highest BCUT2D eigenvalue weighted by Gasteiger charge is 2.43. The van der Waals surface area contributed by atoms with Gasteiger partial charge in [-0.3, -0.25) is 9.55 Å². The lowest BCUT2D eigenvalue weighted by Gasteiger charge is -2.36. The molecule has 0 radical (unpaired) electrons. The number of imidazole rings is 1. The third-order valence-electron chi connectivity index (χ3n) is 16.7. The summed E-state index contributed by atoms with van der Waals surface area (Å²) in [6.45, 7) is 2.28. The zero-order valence-corrected chi connectivity index (χ0v) is 44.4. The second kappa shape index (κ2) is 18.7. The minimum Gasteiger partial charge on any atom is -0.309 e. The van der Waals surface area contributed by atoms with E-state index in [0.717, 1.165) is 69.2 Å². The molecule has 0 bridgehead atoms. The number of fused-ring (bicyclic) bond motifs is 11. The Morgan fingerprint density at radius 3 is 1.91 bits per heavy atom. The molecule has 5 heteroatoms. The molecule has 0 amide bonds. The summed E-state index contributed by atoms with van der Waals surface area (Å²) in [4.78, 5) is 11.3. The second-order valence-corrected chi connectivity index (χ2v) is 24.9. The van der Waals surface area contributed by atoms with Crippen molar-refractivity contribution in [2.75, 3.05) is 0 Å². The Kier molecular flexibility index (Phi) is 11.0. The van der Waals surface area contributed by atoms with Crippen molar-refractivity contribution < 1.29 is 0 Å². The van der Waals surface area contributed by atoms with Gasteiger partial charge in [-0.2, -0.15) is 0 Å². The lowest BCUT2D eigenvalue weighted by Crippen LogP contribution is -2.68. The van der Waals surface area contributed by atoms with Gasteiger partial charge in [-0.25, -0.2) is 4.98 Å². The molecule has 370 valence electrons. The molecule has 0 N–H and O–H groups in total. The van der Waals surface area contributed by atoms with E-state index in [0.29, 0.717) is 12.8 Å². The molecular formula is C73H54N4Si. The highest BCUT2D eigenvalue weighted by atomic mass is 28.3. The monoisotopic (exact) mass is 1010 g/mol. The maximum Gasteiger partial charge on any atom is 0.179 e. The Balaban J connectivity index is 0.926. The van der Waals surface area contributed by atoms with E-state index < -0.39 is 8.07 Å². The van der Waals surface area contributed by atoms with Gasteiger partial charge in [0.05, 0.1) is 33.4 Å². The molecule has 0 unspecified atom stereocenters. The average Bonchev–Trinajstić information content (AvgIpc) is 4.00. The maximum atomic E-state index is 5.73. The largest absolute Gasteiger partial charge is 0.309 e. The third kappa shape index (κ3) is 7.41. The van der Waals surface area contributed by atoms with Crippen LogP contribution in [-0.4, -0.2) is 27.2 Å². The SMILES string of the molecule is Cc1c(C2=Cc3ccccc3-n3c(nc4ccc([Si](C5=CCCC=C5)(c5ccccc5)c5ccccc5)cc43)C2)cc(Cc2cc3ccccc3c3ccccc23)nc1-c1cccc(-n2c3ccccc3c3ccccc32)c1. The van der Waals surface area contributed by atoms with E-state index in [-0.39, 0.29) is 0 Å². The topological polar surface area (TPSA) is 35.6 Å². The number of hydrogen-bond donors (Lipinski definition) is 0. The zero-order chi connectivity index (χ0) is 51.7. The van der Waals surface area contributed by atoms with Gasteiger partial charge in [-0.15, -0.1) is 0 Å². The van der Waals surface area contributed by atoms with Crippen LogP contribution in [0.1, 0.15) is 46.6 Å². The molecule has 13 aromatic rings. The molecule has 10 aromatic carbocycles. The van der Waals surface area contributed by atoms with Crippen molar-refractivity contribution in [2.24, 2.45) is 0 Å². The first-order valence-corrected chi connectivity index (χ1v) is 29.4. The van der Waals surface area contributed by atoms with Gasteiger partial charge in [-0.1, -0.05) is 206 Å². The summed E-state index contributed by atoms with van der Waals surface area (Å²) in [6, 6.07) is 87.6. The predicted molar refractivity (Wildman–Crippen MR) is 330 cm³/mol. The van der Waals surface area contributed by atoms with Crippen LogP contribution in [0.4, 0.5) is 0 Å². The van der Waals surface area contributed by atoms with Gasteiger partial charge in [0.25, 0.3) is 0 Å². The molecule has 4 heterocycles. The van der Waals surface area contributed by atoms with Crippen molar-refractivity contribution in [3.05, 3.63) is 294 Å². The first kappa shape index (κ1) is 45.9. The zero-order valence-electron chi connectivity index (χ0n) is 43.4. The smallest absolute Gasteiger partial charge is 0.179 e. The Labute approximate surface area is 455 Å². The summed E-state index contributed by atoms with van der Waals surface area (Å²) in [6.07, 6.45) is 13.1. The highest BCUT2D eigenvalue weighted by Crippen LogP contribution is 2.40. The number of para-hydroxylation sites is 3. The van der Waals surface area contributed by atoms with Crippen LogP contribution >= 0.6 is 0 Å². The van der Waals surface area contributed by atoms with Crippen LogP contribution in [-0.2, 0) is 12.8 Å². The fraction of sp³-hybridized carbons (Fsp3) is 0.0685. The van der Waals surface area contributed by atoms with Crippen LogP contribution < -0.4 is 15.6 Å². The molecule has 4 nitrogen and oxygen atoms in total. The van der Waals surface area contributed by atoms with E-state index in [9.17, 15) is 0 Å². The standard InChI is InChI=1S/C73H54N4Si/c1-49-66(54-43-51-23-12-18-37-68(51)77-71-48-60(40-41-67(71)75-72(77)46-54)78(57-26-5-2-6-27-57,58-28-7-3-8-29-58)59-30-9-4-10-31-59)47-55(44-53-42-50-22-11-13-32-61(50)63-34-15-14-33-62(53)63)74-73(49)52-24-21-25-56(45-52)76-69-38-19-16-35-64(69)65-36-17-20-39-70(65)76/h2-3,5-9,11-43,45,47-48H,4,10,44,46H2,1H3. The Morgan fingerprint density at radius 1 is 0.500 bits per heavy atom.